The number of nitrogens with zero attached hydrogens (tertiary/aromatic N) is 1. The molecule has 1 aromatic carbocycles. The van der Waals surface area contributed by atoms with E-state index in [1.54, 1.807) is 12.7 Å². The van der Waals surface area contributed by atoms with Gasteiger partial charge in [0.1, 0.15) is 5.75 Å². The summed E-state index contributed by atoms with van der Waals surface area (Å²) in [7, 11) is 4.09. The van der Waals surface area contributed by atoms with E-state index in [1.165, 1.54) is 31.4 Å². The van der Waals surface area contributed by atoms with Crippen molar-refractivity contribution in [2.45, 2.75) is 54.9 Å². The second kappa shape index (κ2) is 4.35. The third-order valence-corrected chi connectivity index (χ3v) is 8.07. The summed E-state index contributed by atoms with van der Waals surface area (Å²) >= 11 is 0. The van der Waals surface area contributed by atoms with Crippen molar-refractivity contribution in [3.8, 4) is 5.75 Å². The lowest BCUT2D eigenvalue weighted by Gasteiger charge is -2.63. The van der Waals surface area contributed by atoms with Crippen molar-refractivity contribution < 1.29 is 9.47 Å². The molecular formula is C20H26N2O2. The fraction of sp³-hybridized carbons (Fsp3) is 0.700. The molecule has 0 amide bonds. The van der Waals surface area contributed by atoms with Gasteiger partial charge in [-0.05, 0) is 62.5 Å². The number of likely N-dealkylation sites (N-methyl/N-ethyl adjacent to an activating group) is 1. The largest absolute Gasteiger partial charge is 0.497 e. The maximum Gasteiger partial charge on any atom is 0.119 e. The Hall–Kier alpha value is -1.10. The molecule has 6 atom stereocenters. The summed E-state index contributed by atoms with van der Waals surface area (Å²) in [5, 5.41) is 3.77. The predicted octanol–water partition coefficient (Wildman–Crippen LogP) is 1.71. The average Bonchev–Trinajstić information content (AvgIpc) is 3.07. The molecule has 1 saturated carbocycles. The topological polar surface area (TPSA) is 33.7 Å². The van der Waals surface area contributed by atoms with E-state index in [4.69, 9.17) is 9.47 Å². The van der Waals surface area contributed by atoms with Gasteiger partial charge in [-0.1, -0.05) is 6.07 Å². The number of fused-ring (bicyclic) bond motifs is 1. The number of ether oxygens (including phenoxy) is 2. The molecule has 0 unspecified atom stereocenters. The van der Waals surface area contributed by atoms with Crippen molar-refractivity contribution in [1.29, 1.82) is 0 Å². The van der Waals surface area contributed by atoms with Gasteiger partial charge in [0.25, 0.3) is 0 Å². The molecule has 3 saturated heterocycles. The minimum Gasteiger partial charge on any atom is -0.497 e. The number of benzene rings is 1. The molecule has 3 heterocycles. The highest BCUT2D eigenvalue weighted by Gasteiger charge is 2.76. The minimum absolute atomic E-state index is 0.0211. The van der Waals surface area contributed by atoms with Crippen molar-refractivity contribution in [3.05, 3.63) is 29.3 Å². The minimum atomic E-state index is 0.0211. The first-order valence-electron chi connectivity index (χ1n) is 9.48. The van der Waals surface area contributed by atoms with Gasteiger partial charge in [0.2, 0.25) is 0 Å². The Balaban J connectivity index is 1.65. The third kappa shape index (κ3) is 1.33. The van der Waals surface area contributed by atoms with Crippen LogP contribution in [0.25, 0.3) is 0 Å². The van der Waals surface area contributed by atoms with Crippen molar-refractivity contribution in [3.63, 3.8) is 0 Å². The summed E-state index contributed by atoms with van der Waals surface area (Å²) in [6.07, 6.45) is 5.20. The van der Waals surface area contributed by atoms with Crippen molar-refractivity contribution in [2.75, 3.05) is 27.2 Å². The van der Waals surface area contributed by atoms with Crippen molar-refractivity contribution >= 4 is 0 Å². The molecule has 24 heavy (non-hydrogen) atoms. The summed E-state index contributed by atoms with van der Waals surface area (Å²) < 4.78 is 12.6. The summed E-state index contributed by atoms with van der Waals surface area (Å²) in [5.41, 5.74) is 3.28. The van der Waals surface area contributed by atoms with Crippen LogP contribution in [-0.2, 0) is 16.6 Å². The van der Waals surface area contributed by atoms with Crippen LogP contribution in [0.2, 0.25) is 0 Å². The lowest BCUT2D eigenvalue weighted by atomic mass is 9.46. The number of hydrogen-bond acceptors (Lipinski definition) is 4. The maximum atomic E-state index is 6.98. The van der Waals surface area contributed by atoms with Gasteiger partial charge in [-0.2, -0.15) is 0 Å². The molecular weight excluding hydrogens is 300 g/mol. The Morgan fingerprint density at radius 3 is 3.12 bits per heavy atom. The highest BCUT2D eigenvalue weighted by Crippen LogP contribution is 2.68. The number of nitrogens with one attached hydrogen (secondary N) is 1. The van der Waals surface area contributed by atoms with E-state index in [9.17, 15) is 0 Å². The van der Waals surface area contributed by atoms with Crippen LogP contribution in [0.4, 0.5) is 0 Å². The van der Waals surface area contributed by atoms with E-state index in [1.807, 2.05) is 0 Å². The highest BCUT2D eigenvalue weighted by molar-refractivity contribution is 5.51. The molecule has 4 fully saturated rings. The number of rotatable bonds is 1. The van der Waals surface area contributed by atoms with Crippen LogP contribution >= 0.6 is 0 Å². The van der Waals surface area contributed by atoms with E-state index >= 15 is 0 Å². The Bertz CT molecular complexity index is 722. The lowest BCUT2D eigenvalue weighted by Crippen LogP contribution is -2.73. The van der Waals surface area contributed by atoms with E-state index in [-0.39, 0.29) is 11.0 Å². The SMILES string of the molecule is COc1ccc2c(c1)[C@]13CCN(C)[C@H](C2)[C@]12CC[C@H]1NC[C@@H](O2)[C@H]13. The van der Waals surface area contributed by atoms with Crippen LogP contribution in [0, 0.1) is 5.92 Å². The zero-order chi connectivity index (χ0) is 16.1. The van der Waals surface area contributed by atoms with Crippen molar-refractivity contribution in [1.82, 2.24) is 10.2 Å². The van der Waals surface area contributed by atoms with Crippen LogP contribution in [0.15, 0.2) is 18.2 Å². The molecule has 2 aliphatic carbocycles. The normalized spacial score (nSPS) is 48.1. The van der Waals surface area contributed by atoms with E-state index < -0.39 is 0 Å². The zero-order valence-electron chi connectivity index (χ0n) is 14.5. The number of hydrogen-bond donors (Lipinski definition) is 1. The van der Waals surface area contributed by atoms with Gasteiger partial charge < -0.3 is 19.7 Å². The van der Waals surface area contributed by atoms with Gasteiger partial charge >= 0.3 is 0 Å². The molecule has 0 aromatic heterocycles. The predicted molar refractivity (Wildman–Crippen MR) is 91.5 cm³/mol. The molecule has 1 aromatic rings. The van der Waals surface area contributed by atoms with E-state index in [0.717, 1.165) is 18.7 Å². The molecule has 128 valence electrons. The van der Waals surface area contributed by atoms with Crippen LogP contribution < -0.4 is 10.1 Å². The first kappa shape index (κ1) is 14.1. The number of likely N-dealkylation sites (tertiary alicyclic amines) is 1. The van der Waals surface area contributed by atoms with Gasteiger partial charge in [-0.15, -0.1) is 0 Å². The van der Waals surface area contributed by atoms with Crippen LogP contribution in [0.3, 0.4) is 0 Å². The summed E-state index contributed by atoms with van der Waals surface area (Å²) in [6.45, 7) is 2.22. The molecule has 3 aliphatic heterocycles. The first-order chi connectivity index (χ1) is 11.7. The lowest BCUT2D eigenvalue weighted by molar-refractivity contribution is -0.158. The molecule has 4 bridgehead atoms. The van der Waals surface area contributed by atoms with Gasteiger partial charge in [0.05, 0.1) is 18.8 Å². The molecule has 4 heteroatoms. The van der Waals surface area contributed by atoms with Crippen LogP contribution in [0.1, 0.15) is 30.4 Å². The monoisotopic (exact) mass is 326 g/mol. The molecule has 0 radical (unpaired) electrons. The maximum absolute atomic E-state index is 6.98. The Kier molecular flexibility index (Phi) is 2.56. The average molecular weight is 326 g/mol. The van der Waals surface area contributed by atoms with Crippen LogP contribution in [-0.4, -0.2) is 55.9 Å². The molecule has 5 aliphatic rings. The standard InChI is InChI=1S/C20H26N2O2/c1-22-8-7-19-14-10-13(23-2)4-3-12(14)9-17(22)20(19)6-5-15-18(19)16(24-20)11-21-15/h3-4,10,15-18,21H,5-9,11H2,1-2H3/t15-,16-,17-,18+,19+,20-/m1/s1. The summed E-state index contributed by atoms with van der Waals surface area (Å²) in [4.78, 5) is 2.58. The van der Waals surface area contributed by atoms with Gasteiger partial charge in [0.15, 0.2) is 0 Å². The fourth-order valence-electron chi connectivity index (χ4n) is 7.28. The fourth-order valence-corrected chi connectivity index (χ4v) is 7.28. The Morgan fingerprint density at radius 2 is 2.25 bits per heavy atom. The number of piperidine rings is 1. The smallest absolute Gasteiger partial charge is 0.119 e. The van der Waals surface area contributed by atoms with E-state index in [0.29, 0.717) is 24.1 Å². The number of methoxy groups -OCH3 is 1. The second-order valence-corrected chi connectivity index (χ2v) is 8.57. The second-order valence-electron chi connectivity index (χ2n) is 8.57. The van der Waals surface area contributed by atoms with Gasteiger partial charge in [-0.3, -0.25) is 0 Å². The third-order valence-electron chi connectivity index (χ3n) is 8.07. The Labute approximate surface area is 143 Å². The zero-order valence-corrected chi connectivity index (χ0v) is 14.5. The van der Waals surface area contributed by atoms with Gasteiger partial charge in [0, 0.05) is 30.0 Å². The molecule has 1 N–H and O–H groups in total. The summed E-state index contributed by atoms with van der Waals surface area (Å²) in [6, 6.07) is 7.96. The van der Waals surface area contributed by atoms with Crippen LogP contribution in [0.5, 0.6) is 5.75 Å². The molecule has 4 nitrogen and oxygen atoms in total. The Morgan fingerprint density at radius 1 is 1.33 bits per heavy atom. The van der Waals surface area contributed by atoms with E-state index in [2.05, 4.69) is 35.5 Å². The first-order valence-corrected chi connectivity index (χ1v) is 9.48. The molecule has 6 rings (SSSR count). The molecule has 0 spiro atoms. The van der Waals surface area contributed by atoms with Gasteiger partial charge in [-0.25, -0.2) is 0 Å². The van der Waals surface area contributed by atoms with Crippen molar-refractivity contribution in [2.24, 2.45) is 5.92 Å². The quantitative estimate of drug-likeness (QED) is 0.852. The summed E-state index contributed by atoms with van der Waals surface area (Å²) in [5.74, 6) is 1.63. The highest BCUT2D eigenvalue weighted by atomic mass is 16.5.